The number of piperazine rings is 1. The standard InChI is InChI=1S/C24H23FN6O/c1-32-19-4-2-16(21(25)9-19)11-31-17-8-18(31)13-30(12-17)22-5-3-15(10-27-22)23-20-6-7-26-24(20)29-14-28-23/h2-7,9-10,14,17-18H,8,11-13H2,1H3,(H,26,28,29). The number of hydrogen-bond donors (Lipinski definition) is 1. The molecule has 8 heteroatoms. The largest absolute Gasteiger partial charge is 0.497 e. The van der Waals surface area contributed by atoms with Gasteiger partial charge in [-0.15, -0.1) is 0 Å². The average Bonchev–Trinajstić information content (AvgIpc) is 3.32. The van der Waals surface area contributed by atoms with Crippen LogP contribution in [0.25, 0.3) is 22.3 Å². The Morgan fingerprint density at radius 2 is 1.97 bits per heavy atom. The van der Waals surface area contributed by atoms with Gasteiger partial charge in [-0.1, -0.05) is 6.07 Å². The van der Waals surface area contributed by atoms with E-state index in [0.29, 0.717) is 24.4 Å². The predicted octanol–water partition coefficient (Wildman–Crippen LogP) is 3.63. The number of methoxy groups -OCH3 is 1. The van der Waals surface area contributed by atoms with Crippen LogP contribution in [0.5, 0.6) is 5.75 Å². The van der Waals surface area contributed by atoms with E-state index in [1.807, 2.05) is 30.6 Å². The van der Waals surface area contributed by atoms with Crippen molar-refractivity contribution in [3.63, 3.8) is 0 Å². The number of nitrogens with one attached hydrogen (secondary N) is 1. The molecule has 2 unspecified atom stereocenters. The fraction of sp³-hybridized carbons (Fsp3) is 0.292. The first-order valence-electron chi connectivity index (χ1n) is 10.8. The Kier molecular flexibility index (Phi) is 4.53. The molecule has 3 aliphatic heterocycles. The predicted molar refractivity (Wildman–Crippen MR) is 120 cm³/mol. The molecule has 0 spiro atoms. The molecule has 4 aromatic rings. The van der Waals surface area contributed by atoms with Crippen molar-refractivity contribution in [2.24, 2.45) is 0 Å². The highest BCUT2D eigenvalue weighted by Crippen LogP contribution is 2.36. The van der Waals surface area contributed by atoms with E-state index in [-0.39, 0.29) is 5.82 Å². The van der Waals surface area contributed by atoms with Crippen molar-refractivity contribution in [3.8, 4) is 17.0 Å². The number of aromatic amines is 1. The van der Waals surface area contributed by atoms with E-state index in [2.05, 4.69) is 36.9 Å². The summed E-state index contributed by atoms with van der Waals surface area (Å²) >= 11 is 0. The number of ether oxygens (including phenoxy) is 1. The molecule has 32 heavy (non-hydrogen) atoms. The van der Waals surface area contributed by atoms with E-state index in [1.54, 1.807) is 13.4 Å². The number of anilines is 1. The number of aromatic nitrogens is 4. The summed E-state index contributed by atoms with van der Waals surface area (Å²) in [6, 6.07) is 12.1. The lowest BCUT2D eigenvalue weighted by Crippen LogP contribution is -2.68. The van der Waals surface area contributed by atoms with E-state index in [0.717, 1.165) is 53.2 Å². The van der Waals surface area contributed by atoms with Crippen molar-refractivity contribution < 1.29 is 9.13 Å². The maximum atomic E-state index is 14.4. The maximum absolute atomic E-state index is 14.4. The quantitative estimate of drug-likeness (QED) is 0.521. The number of piperidine rings is 1. The summed E-state index contributed by atoms with van der Waals surface area (Å²) in [4.78, 5) is 21.3. The number of pyridine rings is 1. The number of fused-ring (bicyclic) bond motifs is 3. The van der Waals surface area contributed by atoms with E-state index in [9.17, 15) is 4.39 Å². The van der Waals surface area contributed by atoms with Crippen LogP contribution in [-0.2, 0) is 6.54 Å². The number of rotatable bonds is 5. The second kappa shape index (κ2) is 7.56. The fourth-order valence-corrected chi connectivity index (χ4v) is 4.93. The molecule has 3 fully saturated rings. The second-order valence-corrected chi connectivity index (χ2v) is 8.45. The molecule has 162 valence electrons. The first kappa shape index (κ1) is 19.2. The Morgan fingerprint density at radius 1 is 1.09 bits per heavy atom. The van der Waals surface area contributed by atoms with E-state index >= 15 is 0 Å². The smallest absolute Gasteiger partial charge is 0.141 e. The SMILES string of the molecule is COc1ccc(CN2C3CC2CN(c2ccc(-c4ncnc5[nH]ccc45)cn2)C3)c(F)c1. The van der Waals surface area contributed by atoms with Crippen LogP contribution in [0.3, 0.4) is 0 Å². The van der Waals surface area contributed by atoms with E-state index in [1.165, 1.54) is 6.07 Å². The summed E-state index contributed by atoms with van der Waals surface area (Å²) in [6.07, 6.45) is 6.47. The van der Waals surface area contributed by atoms with Gasteiger partial charge in [-0.3, -0.25) is 4.90 Å². The van der Waals surface area contributed by atoms with Crippen LogP contribution in [0.15, 0.2) is 55.1 Å². The molecular weight excluding hydrogens is 407 g/mol. The molecule has 7 nitrogen and oxygen atoms in total. The minimum Gasteiger partial charge on any atom is -0.497 e. The number of benzene rings is 1. The van der Waals surface area contributed by atoms with Gasteiger partial charge in [0.05, 0.1) is 12.8 Å². The van der Waals surface area contributed by atoms with E-state index < -0.39 is 0 Å². The Bertz CT molecular complexity index is 1260. The highest BCUT2D eigenvalue weighted by atomic mass is 19.1. The highest BCUT2D eigenvalue weighted by Gasteiger charge is 2.44. The van der Waals surface area contributed by atoms with Crippen LogP contribution < -0.4 is 9.64 Å². The molecule has 7 rings (SSSR count). The molecule has 0 aliphatic carbocycles. The molecule has 3 aliphatic rings. The fourth-order valence-electron chi connectivity index (χ4n) is 4.93. The molecule has 0 amide bonds. The maximum Gasteiger partial charge on any atom is 0.141 e. The van der Waals surface area contributed by atoms with Gasteiger partial charge in [-0.05, 0) is 30.7 Å². The van der Waals surface area contributed by atoms with Crippen molar-refractivity contribution in [1.29, 1.82) is 0 Å². The normalized spacial score (nSPS) is 20.4. The van der Waals surface area contributed by atoms with Crippen molar-refractivity contribution >= 4 is 16.9 Å². The number of hydrogen-bond acceptors (Lipinski definition) is 6. The number of H-pyrrole nitrogens is 1. The lowest BCUT2D eigenvalue weighted by atomic mass is 9.86. The Labute approximate surface area is 184 Å². The molecule has 1 N–H and O–H groups in total. The van der Waals surface area contributed by atoms with Gasteiger partial charge in [0.15, 0.2) is 0 Å². The van der Waals surface area contributed by atoms with Gasteiger partial charge < -0.3 is 14.6 Å². The molecule has 2 atom stereocenters. The van der Waals surface area contributed by atoms with Gasteiger partial charge in [0.25, 0.3) is 0 Å². The van der Waals surface area contributed by atoms with Gasteiger partial charge in [-0.25, -0.2) is 19.3 Å². The summed E-state index contributed by atoms with van der Waals surface area (Å²) in [7, 11) is 1.55. The Balaban J connectivity index is 1.15. The molecule has 0 radical (unpaired) electrons. The zero-order valence-corrected chi connectivity index (χ0v) is 17.7. The summed E-state index contributed by atoms with van der Waals surface area (Å²) in [5, 5.41) is 0.989. The van der Waals surface area contributed by atoms with Crippen LogP contribution in [0.4, 0.5) is 10.2 Å². The molecule has 3 aromatic heterocycles. The van der Waals surface area contributed by atoms with Crippen molar-refractivity contribution in [2.45, 2.75) is 25.0 Å². The molecular formula is C24H23FN6O. The van der Waals surface area contributed by atoms with Crippen LogP contribution >= 0.6 is 0 Å². The third kappa shape index (κ3) is 3.18. The highest BCUT2D eigenvalue weighted by molar-refractivity contribution is 5.90. The van der Waals surface area contributed by atoms with Crippen LogP contribution in [0.1, 0.15) is 12.0 Å². The van der Waals surface area contributed by atoms with Gasteiger partial charge in [-0.2, -0.15) is 0 Å². The monoisotopic (exact) mass is 430 g/mol. The first-order chi connectivity index (χ1) is 15.7. The molecule has 2 bridgehead atoms. The molecule has 0 saturated carbocycles. The Hall–Kier alpha value is -3.52. The second-order valence-electron chi connectivity index (χ2n) is 8.45. The van der Waals surface area contributed by atoms with Crippen LogP contribution in [-0.4, -0.2) is 57.1 Å². The van der Waals surface area contributed by atoms with E-state index in [4.69, 9.17) is 9.72 Å². The van der Waals surface area contributed by atoms with Gasteiger partial charge in [0.1, 0.15) is 29.4 Å². The number of halogens is 1. The molecule has 3 saturated heterocycles. The molecule has 1 aromatic carbocycles. The third-order valence-electron chi connectivity index (χ3n) is 6.66. The summed E-state index contributed by atoms with van der Waals surface area (Å²) in [6.45, 7) is 2.43. The third-order valence-corrected chi connectivity index (χ3v) is 6.66. The minimum atomic E-state index is -0.204. The van der Waals surface area contributed by atoms with Gasteiger partial charge in [0, 0.05) is 66.7 Å². The van der Waals surface area contributed by atoms with Crippen LogP contribution in [0.2, 0.25) is 0 Å². The van der Waals surface area contributed by atoms with Crippen molar-refractivity contribution in [3.05, 3.63) is 66.5 Å². The lowest BCUT2D eigenvalue weighted by Gasteiger charge is -2.56. The Morgan fingerprint density at radius 3 is 2.72 bits per heavy atom. The number of nitrogens with zero attached hydrogens (tertiary/aromatic N) is 5. The minimum absolute atomic E-state index is 0.204. The zero-order valence-electron chi connectivity index (χ0n) is 17.7. The lowest BCUT2D eigenvalue weighted by molar-refractivity contribution is -0.00946. The summed E-state index contributed by atoms with van der Waals surface area (Å²) in [5.41, 5.74) is 3.39. The van der Waals surface area contributed by atoms with Crippen molar-refractivity contribution in [2.75, 3.05) is 25.1 Å². The van der Waals surface area contributed by atoms with Crippen molar-refractivity contribution in [1.82, 2.24) is 24.8 Å². The van der Waals surface area contributed by atoms with Gasteiger partial charge >= 0.3 is 0 Å². The van der Waals surface area contributed by atoms with Gasteiger partial charge in [0.2, 0.25) is 0 Å². The average molecular weight is 430 g/mol. The van der Waals surface area contributed by atoms with Crippen LogP contribution in [0, 0.1) is 5.82 Å². The first-order valence-corrected chi connectivity index (χ1v) is 10.8. The zero-order chi connectivity index (χ0) is 21.7. The topological polar surface area (TPSA) is 70.2 Å². The summed E-state index contributed by atoms with van der Waals surface area (Å²) in [5.74, 6) is 1.32. The molecule has 6 heterocycles. The summed E-state index contributed by atoms with van der Waals surface area (Å²) < 4.78 is 19.5.